The molecule has 0 aliphatic carbocycles. The Kier molecular flexibility index (Phi) is 3.26. The predicted molar refractivity (Wildman–Crippen MR) is 77.1 cm³/mol. The van der Waals surface area contributed by atoms with E-state index in [4.69, 9.17) is 0 Å². The maximum Gasteiger partial charge on any atom is 0.116 e. The molecule has 0 saturated heterocycles. The van der Waals surface area contributed by atoms with Crippen LogP contribution < -0.4 is 5.11 Å². The highest BCUT2D eigenvalue weighted by Gasteiger charge is 2.00. The number of rotatable bonds is 3. The van der Waals surface area contributed by atoms with Crippen molar-refractivity contribution in [1.29, 1.82) is 0 Å². The molecule has 0 radical (unpaired) electrons. The minimum Gasteiger partial charge on any atom is -0.543 e. The Morgan fingerprint density at radius 3 is 2.75 bits per heavy atom. The second-order valence-electron chi connectivity index (χ2n) is 4.12. The van der Waals surface area contributed by atoms with Crippen LogP contribution in [0.4, 0.5) is 0 Å². The van der Waals surface area contributed by atoms with Crippen molar-refractivity contribution in [2.24, 2.45) is 0 Å². The van der Waals surface area contributed by atoms with Crippen LogP contribution in [0, 0.1) is 0 Å². The molecule has 4 nitrogen and oxygen atoms in total. The summed E-state index contributed by atoms with van der Waals surface area (Å²) >= 11 is 1.25. The van der Waals surface area contributed by atoms with Gasteiger partial charge in [0.2, 0.25) is 0 Å². The van der Waals surface area contributed by atoms with Crippen LogP contribution in [0.5, 0.6) is 0 Å². The van der Waals surface area contributed by atoms with Gasteiger partial charge in [-0.2, -0.15) is 0 Å². The fourth-order valence-corrected chi connectivity index (χ4v) is 2.47. The first-order chi connectivity index (χ1) is 9.72. The van der Waals surface area contributed by atoms with Crippen molar-refractivity contribution >= 4 is 40.4 Å². The number of carbonyl (C=O) groups is 1. The first kappa shape index (κ1) is 12.5. The quantitative estimate of drug-likeness (QED) is 0.738. The number of pyridine rings is 1. The van der Waals surface area contributed by atoms with E-state index in [0.717, 1.165) is 16.6 Å². The van der Waals surface area contributed by atoms with Crippen molar-refractivity contribution in [1.82, 2.24) is 9.97 Å². The summed E-state index contributed by atoms with van der Waals surface area (Å²) in [4.78, 5) is 19.1. The molecule has 1 aromatic carbocycles. The number of carboxylic acid groups (broad SMARTS) is 1. The van der Waals surface area contributed by atoms with Gasteiger partial charge in [-0.1, -0.05) is 24.3 Å². The number of aromatic carboxylic acids is 1. The predicted octanol–water partition coefficient (Wildman–Crippen LogP) is 2.23. The number of carbonyl (C=O) groups excluding carboxylic acids is 1. The topological polar surface area (TPSA) is 65.9 Å². The summed E-state index contributed by atoms with van der Waals surface area (Å²) in [7, 11) is 0. The van der Waals surface area contributed by atoms with Gasteiger partial charge < -0.3 is 9.90 Å². The molecule has 0 saturated carbocycles. The van der Waals surface area contributed by atoms with Crippen molar-refractivity contribution in [3.63, 3.8) is 0 Å². The molecular formula is C15H9N2O2S-. The Morgan fingerprint density at radius 1 is 1.10 bits per heavy atom. The van der Waals surface area contributed by atoms with E-state index in [1.54, 1.807) is 6.08 Å². The van der Waals surface area contributed by atoms with Gasteiger partial charge in [-0.25, -0.2) is 9.97 Å². The third-order valence-electron chi connectivity index (χ3n) is 2.75. The zero-order valence-electron chi connectivity index (χ0n) is 10.3. The molecule has 0 spiro atoms. The average molecular weight is 281 g/mol. The molecule has 0 bridgehead atoms. The molecule has 5 heteroatoms. The van der Waals surface area contributed by atoms with E-state index in [2.05, 4.69) is 9.97 Å². The van der Waals surface area contributed by atoms with Crippen molar-refractivity contribution < 1.29 is 9.90 Å². The molecule has 0 fully saturated rings. The third-order valence-corrected chi connectivity index (χ3v) is 3.56. The van der Waals surface area contributed by atoms with Crippen LogP contribution in [0.2, 0.25) is 0 Å². The number of para-hydroxylation sites is 1. The van der Waals surface area contributed by atoms with Crippen LogP contribution in [0.3, 0.4) is 0 Å². The second kappa shape index (κ2) is 5.22. The zero-order chi connectivity index (χ0) is 13.9. The highest BCUT2D eigenvalue weighted by atomic mass is 32.1. The average Bonchev–Trinajstić information content (AvgIpc) is 2.94. The number of aromatic nitrogens is 2. The lowest BCUT2D eigenvalue weighted by atomic mass is 10.2. The molecule has 98 valence electrons. The van der Waals surface area contributed by atoms with Gasteiger partial charge in [0.25, 0.3) is 0 Å². The molecule has 3 rings (SSSR count). The van der Waals surface area contributed by atoms with Crippen molar-refractivity contribution in [3.05, 3.63) is 58.2 Å². The molecule has 20 heavy (non-hydrogen) atoms. The number of hydrogen-bond acceptors (Lipinski definition) is 5. The molecule has 0 aliphatic rings. The molecule has 3 aromatic rings. The van der Waals surface area contributed by atoms with Gasteiger partial charge in [0.1, 0.15) is 5.01 Å². The van der Waals surface area contributed by atoms with Gasteiger partial charge in [0.05, 0.1) is 22.9 Å². The minimum atomic E-state index is -1.26. The van der Waals surface area contributed by atoms with E-state index in [-0.39, 0.29) is 5.69 Å². The number of thiazole rings is 1. The van der Waals surface area contributed by atoms with Crippen LogP contribution in [0.25, 0.3) is 23.1 Å². The summed E-state index contributed by atoms with van der Waals surface area (Å²) in [6, 6.07) is 11.8. The lowest BCUT2D eigenvalue weighted by Crippen LogP contribution is -2.22. The molecule has 0 N–H and O–H groups in total. The van der Waals surface area contributed by atoms with Crippen LogP contribution >= 0.6 is 11.3 Å². The number of hydrogen-bond donors (Lipinski definition) is 0. The van der Waals surface area contributed by atoms with E-state index in [1.165, 1.54) is 16.7 Å². The Hall–Kier alpha value is -2.53. The molecule has 0 amide bonds. The molecule has 2 heterocycles. The van der Waals surface area contributed by atoms with E-state index >= 15 is 0 Å². The summed E-state index contributed by atoms with van der Waals surface area (Å²) in [5, 5.41) is 13.8. The summed E-state index contributed by atoms with van der Waals surface area (Å²) in [6.07, 6.45) is 3.55. The summed E-state index contributed by atoms with van der Waals surface area (Å²) in [5.41, 5.74) is 1.68. The first-order valence-electron chi connectivity index (χ1n) is 5.93. The van der Waals surface area contributed by atoms with Crippen molar-refractivity contribution in [2.75, 3.05) is 0 Å². The maximum atomic E-state index is 10.6. The van der Waals surface area contributed by atoms with Gasteiger partial charge in [0, 0.05) is 10.8 Å². The summed E-state index contributed by atoms with van der Waals surface area (Å²) in [6.45, 7) is 0. The summed E-state index contributed by atoms with van der Waals surface area (Å²) < 4.78 is 0. The second-order valence-corrected chi connectivity index (χ2v) is 5.01. The van der Waals surface area contributed by atoms with Crippen LogP contribution in [0.15, 0.2) is 41.8 Å². The molecule has 0 atom stereocenters. The van der Waals surface area contributed by atoms with Gasteiger partial charge in [-0.05, 0) is 24.3 Å². The first-order valence-corrected chi connectivity index (χ1v) is 6.81. The monoisotopic (exact) mass is 281 g/mol. The Labute approximate surface area is 119 Å². The molecule has 0 unspecified atom stereocenters. The number of fused-ring (bicyclic) bond motifs is 1. The van der Waals surface area contributed by atoms with Crippen LogP contribution in [-0.2, 0) is 0 Å². The van der Waals surface area contributed by atoms with E-state index < -0.39 is 5.97 Å². The van der Waals surface area contributed by atoms with Crippen molar-refractivity contribution in [3.8, 4) is 0 Å². The largest absolute Gasteiger partial charge is 0.543 e. The summed E-state index contributed by atoms with van der Waals surface area (Å²) in [5.74, 6) is -1.26. The van der Waals surface area contributed by atoms with E-state index in [1.807, 2.05) is 42.5 Å². The van der Waals surface area contributed by atoms with Crippen LogP contribution in [-0.4, -0.2) is 15.9 Å². The van der Waals surface area contributed by atoms with Crippen molar-refractivity contribution in [2.45, 2.75) is 0 Å². The minimum absolute atomic E-state index is 0.0406. The zero-order valence-corrected chi connectivity index (χ0v) is 11.1. The smallest absolute Gasteiger partial charge is 0.116 e. The fourth-order valence-electron chi connectivity index (χ4n) is 1.79. The van der Waals surface area contributed by atoms with Crippen LogP contribution in [0.1, 0.15) is 21.2 Å². The lowest BCUT2D eigenvalue weighted by molar-refractivity contribution is -0.255. The normalized spacial score (nSPS) is 11.2. The SMILES string of the molecule is O=C([O-])c1csc(/C=C/c2ccc3ccccc3n2)n1. The Morgan fingerprint density at radius 2 is 1.95 bits per heavy atom. The molecule has 0 aliphatic heterocycles. The van der Waals surface area contributed by atoms with Gasteiger partial charge in [-0.15, -0.1) is 11.3 Å². The highest BCUT2D eigenvalue weighted by Crippen LogP contribution is 2.15. The third kappa shape index (κ3) is 2.57. The van der Waals surface area contributed by atoms with Gasteiger partial charge in [-0.3, -0.25) is 0 Å². The Balaban J connectivity index is 1.87. The fraction of sp³-hybridized carbons (Fsp3) is 0. The number of carboxylic acids is 1. The lowest BCUT2D eigenvalue weighted by Gasteiger charge is -1.97. The number of nitrogens with zero attached hydrogens (tertiary/aromatic N) is 2. The van der Waals surface area contributed by atoms with Gasteiger partial charge >= 0.3 is 0 Å². The van der Waals surface area contributed by atoms with E-state index in [0.29, 0.717) is 5.01 Å². The molecule has 2 aromatic heterocycles. The number of benzene rings is 1. The van der Waals surface area contributed by atoms with E-state index in [9.17, 15) is 9.90 Å². The highest BCUT2D eigenvalue weighted by molar-refractivity contribution is 7.10. The maximum absolute atomic E-state index is 10.6. The standard InChI is InChI=1S/C15H10N2O2S/c18-15(19)13-9-20-14(17-13)8-7-11-6-5-10-3-1-2-4-12(10)16-11/h1-9H,(H,18,19)/p-1/b8-7+. The molecular weight excluding hydrogens is 272 g/mol. The van der Waals surface area contributed by atoms with Gasteiger partial charge in [0.15, 0.2) is 0 Å². The Bertz CT molecular complexity index is 808.